The summed E-state index contributed by atoms with van der Waals surface area (Å²) in [5.74, 6) is -1.51. The monoisotopic (exact) mass is 263 g/mol. The van der Waals surface area contributed by atoms with E-state index in [1.807, 2.05) is 31.2 Å². The van der Waals surface area contributed by atoms with Gasteiger partial charge in [-0.3, -0.25) is 9.59 Å². The Morgan fingerprint density at radius 1 is 1.42 bits per heavy atom. The second-order valence-corrected chi connectivity index (χ2v) is 5.03. The van der Waals surface area contributed by atoms with E-state index in [0.29, 0.717) is 6.54 Å². The first-order chi connectivity index (χ1) is 8.95. The zero-order valence-electron chi connectivity index (χ0n) is 11.0. The molecule has 0 aliphatic carbocycles. The molecule has 0 radical (unpaired) electrons. The van der Waals surface area contributed by atoms with Crippen molar-refractivity contribution in [3.05, 3.63) is 35.4 Å². The van der Waals surface area contributed by atoms with Gasteiger partial charge in [0.05, 0.1) is 13.2 Å². The number of rotatable bonds is 4. The molecule has 19 heavy (non-hydrogen) atoms. The van der Waals surface area contributed by atoms with Crippen molar-refractivity contribution in [2.75, 3.05) is 20.3 Å². The Bertz CT molecular complexity index is 508. The van der Waals surface area contributed by atoms with Gasteiger partial charge in [-0.05, 0) is 12.5 Å². The van der Waals surface area contributed by atoms with Crippen LogP contribution < -0.4 is 0 Å². The van der Waals surface area contributed by atoms with E-state index in [4.69, 9.17) is 4.74 Å². The molecule has 1 amide bonds. The number of carboxylic acids is 1. The van der Waals surface area contributed by atoms with Crippen molar-refractivity contribution in [2.24, 2.45) is 5.41 Å². The van der Waals surface area contributed by atoms with Crippen LogP contribution >= 0.6 is 0 Å². The first kappa shape index (κ1) is 13.5. The Morgan fingerprint density at radius 3 is 2.58 bits per heavy atom. The van der Waals surface area contributed by atoms with Gasteiger partial charge >= 0.3 is 5.97 Å². The molecule has 0 unspecified atom stereocenters. The second kappa shape index (κ2) is 5.01. The van der Waals surface area contributed by atoms with Crippen molar-refractivity contribution in [1.82, 2.24) is 4.90 Å². The molecule has 5 nitrogen and oxygen atoms in total. The second-order valence-electron chi connectivity index (χ2n) is 5.03. The lowest BCUT2D eigenvalue weighted by Crippen LogP contribution is -2.59. The molecule has 0 bridgehead atoms. The van der Waals surface area contributed by atoms with Gasteiger partial charge in [0, 0.05) is 13.6 Å². The molecular weight excluding hydrogens is 246 g/mol. The van der Waals surface area contributed by atoms with Crippen molar-refractivity contribution in [3.63, 3.8) is 0 Å². The quantitative estimate of drug-likeness (QED) is 0.825. The minimum absolute atomic E-state index is 0.0423. The molecule has 2 rings (SSSR count). The summed E-state index contributed by atoms with van der Waals surface area (Å²) in [7, 11) is 1.62. The topological polar surface area (TPSA) is 66.8 Å². The summed E-state index contributed by atoms with van der Waals surface area (Å²) in [6.45, 7) is 2.29. The van der Waals surface area contributed by atoms with E-state index in [0.717, 1.165) is 11.1 Å². The van der Waals surface area contributed by atoms with Crippen molar-refractivity contribution < 1.29 is 19.4 Å². The summed E-state index contributed by atoms with van der Waals surface area (Å²) in [6.07, 6.45) is 0. The minimum Gasteiger partial charge on any atom is -0.480 e. The number of carbonyl (C=O) groups is 2. The van der Waals surface area contributed by atoms with E-state index in [9.17, 15) is 14.7 Å². The number of benzene rings is 1. The number of ether oxygens (including phenoxy) is 1. The minimum atomic E-state index is -1.39. The van der Waals surface area contributed by atoms with E-state index < -0.39 is 17.3 Å². The van der Waals surface area contributed by atoms with E-state index in [1.54, 1.807) is 7.05 Å². The number of nitrogens with zero attached hydrogens (tertiary/aromatic N) is 1. The fourth-order valence-electron chi connectivity index (χ4n) is 2.17. The summed E-state index contributed by atoms with van der Waals surface area (Å²) in [5, 5.41) is 9.19. The van der Waals surface area contributed by atoms with E-state index in [1.165, 1.54) is 4.90 Å². The predicted molar refractivity (Wildman–Crippen MR) is 68.5 cm³/mol. The van der Waals surface area contributed by atoms with Gasteiger partial charge in [-0.15, -0.1) is 0 Å². The van der Waals surface area contributed by atoms with Crippen molar-refractivity contribution in [2.45, 2.75) is 13.5 Å². The molecule has 1 aromatic rings. The van der Waals surface area contributed by atoms with Crippen LogP contribution in [0.2, 0.25) is 0 Å². The summed E-state index contributed by atoms with van der Waals surface area (Å²) < 4.78 is 4.91. The third-order valence-electron chi connectivity index (χ3n) is 3.36. The molecule has 1 fully saturated rings. The molecule has 0 aromatic heterocycles. The van der Waals surface area contributed by atoms with Crippen molar-refractivity contribution in [3.8, 4) is 0 Å². The van der Waals surface area contributed by atoms with Crippen LogP contribution in [-0.2, 0) is 20.9 Å². The molecule has 1 aromatic carbocycles. The average Bonchev–Trinajstić information content (AvgIpc) is 2.26. The number of aliphatic carboxylic acids is 1. The predicted octanol–water partition coefficient (Wildman–Crippen LogP) is 1.05. The number of hydrogen-bond acceptors (Lipinski definition) is 3. The third kappa shape index (κ3) is 2.46. The number of carboxylic acid groups (broad SMARTS) is 1. The standard InChI is InChI=1S/C14H17NO4/c1-10-4-3-5-11(6-10)7-15(2)12(16)14(13(17)18)8-19-9-14/h3-6H,7-9H2,1-2H3,(H,17,18). The lowest BCUT2D eigenvalue weighted by Gasteiger charge is -2.38. The lowest BCUT2D eigenvalue weighted by molar-refractivity contribution is -0.190. The van der Waals surface area contributed by atoms with E-state index in [-0.39, 0.29) is 13.2 Å². The summed E-state index contributed by atoms with van der Waals surface area (Å²) in [5.41, 5.74) is 0.702. The Hall–Kier alpha value is -1.88. The van der Waals surface area contributed by atoms with Gasteiger partial charge in [0.2, 0.25) is 5.91 Å². The normalized spacial score (nSPS) is 16.5. The Balaban J connectivity index is 2.09. The fraction of sp³-hybridized carbons (Fsp3) is 0.429. The summed E-state index contributed by atoms with van der Waals surface area (Å²) >= 11 is 0. The van der Waals surface area contributed by atoms with Gasteiger partial charge in [-0.1, -0.05) is 29.8 Å². The Morgan fingerprint density at radius 2 is 2.11 bits per heavy atom. The highest BCUT2D eigenvalue weighted by Crippen LogP contribution is 2.30. The van der Waals surface area contributed by atoms with Gasteiger partial charge in [0.25, 0.3) is 0 Å². The maximum Gasteiger partial charge on any atom is 0.324 e. The molecule has 0 saturated carbocycles. The Labute approximate surface area is 111 Å². The first-order valence-corrected chi connectivity index (χ1v) is 6.08. The molecule has 1 heterocycles. The maximum absolute atomic E-state index is 12.2. The largest absolute Gasteiger partial charge is 0.480 e. The van der Waals surface area contributed by atoms with E-state index in [2.05, 4.69) is 0 Å². The number of carbonyl (C=O) groups excluding carboxylic acids is 1. The van der Waals surface area contributed by atoms with E-state index >= 15 is 0 Å². The SMILES string of the molecule is Cc1cccc(CN(C)C(=O)C2(C(=O)O)COC2)c1. The summed E-state index contributed by atoms with van der Waals surface area (Å²) in [4.78, 5) is 24.9. The van der Waals surface area contributed by atoms with Crippen molar-refractivity contribution >= 4 is 11.9 Å². The van der Waals surface area contributed by atoms with Crippen LogP contribution in [0.3, 0.4) is 0 Å². The molecule has 1 saturated heterocycles. The van der Waals surface area contributed by atoms with Crippen molar-refractivity contribution in [1.29, 1.82) is 0 Å². The number of hydrogen-bond donors (Lipinski definition) is 1. The lowest BCUT2D eigenvalue weighted by atomic mass is 9.84. The van der Waals surface area contributed by atoms with Gasteiger partial charge in [0.1, 0.15) is 0 Å². The first-order valence-electron chi connectivity index (χ1n) is 6.08. The fourth-order valence-corrected chi connectivity index (χ4v) is 2.17. The van der Waals surface area contributed by atoms with Gasteiger partial charge in [0.15, 0.2) is 5.41 Å². The molecule has 102 valence electrons. The average molecular weight is 263 g/mol. The van der Waals surface area contributed by atoms with Crippen LogP contribution in [0.1, 0.15) is 11.1 Å². The molecule has 0 spiro atoms. The van der Waals surface area contributed by atoms with Crippen LogP contribution in [0.4, 0.5) is 0 Å². The molecular formula is C14H17NO4. The van der Waals surface area contributed by atoms with Crippen LogP contribution in [0.5, 0.6) is 0 Å². The van der Waals surface area contributed by atoms with Crippen LogP contribution in [0.25, 0.3) is 0 Å². The Kier molecular flexibility index (Phi) is 3.57. The third-order valence-corrected chi connectivity index (χ3v) is 3.36. The smallest absolute Gasteiger partial charge is 0.324 e. The van der Waals surface area contributed by atoms with Gasteiger partial charge in [-0.2, -0.15) is 0 Å². The number of aryl methyl sites for hydroxylation is 1. The highest BCUT2D eigenvalue weighted by atomic mass is 16.5. The molecule has 1 aliphatic rings. The molecule has 0 atom stereocenters. The van der Waals surface area contributed by atoms with Gasteiger partial charge < -0.3 is 14.7 Å². The zero-order chi connectivity index (χ0) is 14.0. The van der Waals surface area contributed by atoms with Crippen LogP contribution in [0, 0.1) is 12.3 Å². The molecule has 5 heteroatoms. The summed E-state index contributed by atoms with van der Waals surface area (Å²) in [6, 6.07) is 7.79. The highest BCUT2D eigenvalue weighted by Gasteiger charge is 2.54. The molecule has 1 aliphatic heterocycles. The number of amides is 1. The highest BCUT2D eigenvalue weighted by molar-refractivity contribution is 6.03. The van der Waals surface area contributed by atoms with Crippen LogP contribution in [0.15, 0.2) is 24.3 Å². The maximum atomic E-state index is 12.2. The van der Waals surface area contributed by atoms with Crippen LogP contribution in [-0.4, -0.2) is 42.1 Å². The van der Waals surface area contributed by atoms with Gasteiger partial charge in [-0.25, -0.2) is 0 Å². The molecule has 1 N–H and O–H groups in total. The zero-order valence-corrected chi connectivity index (χ0v) is 11.0.